The van der Waals surface area contributed by atoms with Gasteiger partial charge in [0.25, 0.3) is 5.91 Å². The highest BCUT2D eigenvalue weighted by atomic mass is 32.1. The van der Waals surface area contributed by atoms with Crippen LogP contribution in [0.5, 0.6) is 0 Å². The van der Waals surface area contributed by atoms with Crippen LogP contribution in [0.1, 0.15) is 34.8 Å². The Morgan fingerprint density at radius 3 is 3.03 bits per heavy atom. The molecule has 0 aliphatic carbocycles. The number of aromatic nitrogens is 2. The van der Waals surface area contributed by atoms with Crippen molar-refractivity contribution in [2.45, 2.75) is 38.3 Å². The number of nitrogens with one attached hydrogen (secondary N) is 2. The molecule has 8 nitrogen and oxygen atoms in total. The minimum absolute atomic E-state index is 0.0212. The average Bonchev–Trinajstić information content (AvgIpc) is 3.46. The molecular weight excluding hydrogens is 462 g/mol. The van der Waals surface area contributed by atoms with Gasteiger partial charge in [0.1, 0.15) is 10.4 Å². The number of fused-ring (bicyclic) bond motifs is 2. The van der Waals surface area contributed by atoms with Crippen LogP contribution in [-0.2, 0) is 17.6 Å². The lowest BCUT2D eigenvalue weighted by Crippen LogP contribution is -2.48. The molecule has 1 atom stereocenters. The van der Waals surface area contributed by atoms with Crippen molar-refractivity contribution >= 4 is 44.9 Å². The molecule has 1 amide bonds. The van der Waals surface area contributed by atoms with Crippen LogP contribution in [0.4, 0.5) is 16.5 Å². The van der Waals surface area contributed by atoms with Crippen molar-refractivity contribution in [1.82, 2.24) is 15.3 Å². The van der Waals surface area contributed by atoms with E-state index in [4.69, 9.17) is 14.1 Å². The second kappa shape index (κ2) is 8.66. The highest BCUT2D eigenvalue weighted by Crippen LogP contribution is 2.34. The van der Waals surface area contributed by atoms with Gasteiger partial charge >= 0.3 is 0 Å². The average molecular weight is 490 g/mol. The third-order valence-electron chi connectivity index (χ3n) is 6.45. The van der Waals surface area contributed by atoms with Crippen LogP contribution in [0.25, 0.3) is 11.1 Å². The van der Waals surface area contributed by atoms with Gasteiger partial charge in [-0.1, -0.05) is 23.5 Å². The summed E-state index contributed by atoms with van der Waals surface area (Å²) in [5.74, 6) is -0.0212. The SMILES string of the molecule is CC1(C)Cc2nc(N3CCOCC3Cc3cccc(Nc4ccc5ncoc5c4)c3)sc2C(=O)N1. The number of nitrogens with zero attached hydrogens (tertiary/aromatic N) is 3. The zero-order chi connectivity index (χ0) is 24.0. The molecule has 35 heavy (non-hydrogen) atoms. The van der Waals surface area contributed by atoms with Crippen LogP contribution in [0, 0.1) is 0 Å². The van der Waals surface area contributed by atoms with Crippen molar-refractivity contribution in [3.05, 3.63) is 65.0 Å². The van der Waals surface area contributed by atoms with E-state index in [0.29, 0.717) is 13.2 Å². The third kappa shape index (κ3) is 4.49. The molecule has 2 aromatic carbocycles. The van der Waals surface area contributed by atoms with Crippen molar-refractivity contribution in [2.24, 2.45) is 0 Å². The molecular formula is C26H27N5O3S. The maximum Gasteiger partial charge on any atom is 0.263 e. The molecule has 2 aliphatic rings. The summed E-state index contributed by atoms with van der Waals surface area (Å²) in [5, 5.41) is 7.46. The first-order valence-electron chi connectivity index (χ1n) is 11.8. The molecule has 4 heterocycles. The predicted molar refractivity (Wildman–Crippen MR) is 137 cm³/mol. The fourth-order valence-electron chi connectivity index (χ4n) is 4.81. The number of thiazole rings is 1. The lowest BCUT2D eigenvalue weighted by molar-refractivity contribution is 0.0900. The Labute approximate surface area is 207 Å². The molecule has 0 bridgehead atoms. The number of morpholine rings is 1. The number of carbonyl (C=O) groups is 1. The number of anilines is 3. The van der Waals surface area contributed by atoms with Gasteiger partial charge in [-0.05, 0) is 50.1 Å². The van der Waals surface area contributed by atoms with Gasteiger partial charge in [0, 0.05) is 35.9 Å². The lowest BCUT2D eigenvalue weighted by Gasteiger charge is -2.35. The highest BCUT2D eigenvalue weighted by Gasteiger charge is 2.35. The van der Waals surface area contributed by atoms with Crippen LogP contribution in [-0.4, -0.2) is 47.2 Å². The standard InChI is InChI=1S/C26H27N5O3S/c1-26(2)13-21-23(24(32)30-26)35-25(29-21)31-8-9-33-14-19(31)11-16-4-3-5-17(10-16)28-18-6-7-20-22(12-18)34-15-27-20/h3-7,10,12,15,19,28H,8-9,11,13-14H2,1-2H3,(H,30,32). The van der Waals surface area contributed by atoms with Crippen molar-refractivity contribution in [2.75, 3.05) is 30.0 Å². The van der Waals surface area contributed by atoms with E-state index < -0.39 is 0 Å². The number of oxazole rings is 1. The van der Waals surface area contributed by atoms with E-state index in [1.165, 1.54) is 23.3 Å². The second-order valence-corrected chi connectivity index (χ2v) is 10.8. The lowest BCUT2D eigenvalue weighted by atomic mass is 9.94. The van der Waals surface area contributed by atoms with Gasteiger partial charge in [0.05, 0.1) is 24.9 Å². The summed E-state index contributed by atoms with van der Waals surface area (Å²) in [4.78, 5) is 24.7. The molecule has 4 aromatic rings. The summed E-state index contributed by atoms with van der Waals surface area (Å²) in [6.07, 6.45) is 3.02. The van der Waals surface area contributed by atoms with E-state index in [9.17, 15) is 4.79 Å². The molecule has 6 rings (SSSR count). The Balaban J connectivity index is 1.21. The molecule has 0 radical (unpaired) electrons. The van der Waals surface area contributed by atoms with Crippen molar-refractivity contribution < 1.29 is 13.9 Å². The molecule has 1 fully saturated rings. The maximum absolute atomic E-state index is 12.6. The number of ether oxygens (including phenoxy) is 1. The number of rotatable bonds is 5. The van der Waals surface area contributed by atoms with E-state index in [-0.39, 0.29) is 17.5 Å². The Bertz CT molecular complexity index is 1390. The van der Waals surface area contributed by atoms with E-state index in [1.54, 1.807) is 0 Å². The number of hydrogen-bond acceptors (Lipinski definition) is 8. The fraction of sp³-hybridized carbons (Fsp3) is 0.346. The molecule has 1 saturated heterocycles. The van der Waals surface area contributed by atoms with E-state index in [0.717, 1.165) is 57.6 Å². The smallest absolute Gasteiger partial charge is 0.263 e. The normalized spacial score (nSPS) is 19.4. The van der Waals surface area contributed by atoms with Crippen molar-refractivity contribution in [3.63, 3.8) is 0 Å². The third-order valence-corrected chi connectivity index (χ3v) is 7.58. The summed E-state index contributed by atoms with van der Waals surface area (Å²) in [6, 6.07) is 14.5. The quantitative estimate of drug-likeness (QED) is 0.425. The minimum atomic E-state index is -0.273. The summed E-state index contributed by atoms with van der Waals surface area (Å²) < 4.78 is 11.3. The Morgan fingerprint density at radius 2 is 2.11 bits per heavy atom. The number of hydrogen-bond donors (Lipinski definition) is 2. The summed E-state index contributed by atoms with van der Waals surface area (Å²) in [5.41, 5.74) is 5.38. The molecule has 9 heteroatoms. The first-order valence-corrected chi connectivity index (χ1v) is 12.6. The van der Waals surface area contributed by atoms with Crippen LogP contribution < -0.4 is 15.5 Å². The number of benzene rings is 2. The van der Waals surface area contributed by atoms with Gasteiger partial charge in [0.15, 0.2) is 17.1 Å². The van der Waals surface area contributed by atoms with E-state index in [1.807, 2.05) is 32.0 Å². The highest BCUT2D eigenvalue weighted by molar-refractivity contribution is 7.17. The Morgan fingerprint density at radius 1 is 1.23 bits per heavy atom. The summed E-state index contributed by atoms with van der Waals surface area (Å²) in [7, 11) is 0. The molecule has 0 saturated carbocycles. The van der Waals surface area contributed by atoms with Crippen LogP contribution in [0.3, 0.4) is 0 Å². The fourth-order valence-corrected chi connectivity index (χ4v) is 5.88. The van der Waals surface area contributed by atoms with Crippen LogP contribution in [0.2, 0.25) is 0 Å². The van der Waals surface area contributed by atoms with E-state index in [2.05, 4.69) is 44.8 Å². The van der Waals surface area contributed by atoms with Gasteiger partial charge in [-0.3, -0.25) is 4.79 Å². The molecule has 2 aliphatic heterocycles. The Kier molecular flexibility index (Phi) is 5.46. The molecule has 2 aromatic heterocycles. The van der Waals surface area contributed by atoms with Gasteiger partial charge in [-0.2, -0.15) is 0 Å². The largest absolute Gasteiger partial charge is 0.443 e. The van der Waals surface area contributed by atoms with Crippen molar-refractivity contribution in [1.29, 1.82) is 0 Å². The first kappa shape index (κ1) is 22.1. The van der Waals surface area contributed by atoms with Gasteiger partial charge in [-0.15, -0.1) is 0 Å². The van der Waals surface area contributed by atoms with Gasteiger partial charge < -0.3 is 24.7 Å². The van der Waals surface area contributed by atoms with Gasteiger partial charge in [0.2, 0.25) is 0 Å². The summed E-state index contributed by atoms with van der Waals surface area (Å²) in [6.45, 7) is 6.12. The van der Waals surface area contributed by atoms with Crippen LogP contribution >= 0.6 is 11.3 Å². The van der Waals surface area contributed by atoms with Crippen LogP contribution in [0.15, 0.2) is 53.3 Å². The second-order valence-electron chi connectivity index (χ2n) is 9.77. The van der Waals surface area contributed by atoms with Crippen molar-refractivity contribution in [3.8, 4) is 0 Å². The topological polar surface area (TPSA) is 92.5 Å². The predicted octanol–water partition coefficient (Wildman–Crippen LogP) is 4.54. The Hall–Kier alpha value is -3.43. The molecule has 180 valence electrons. The first-order chi connectivity index (χ1) is 16.9. The molecule has 1 unspecified atom stereocenters. The summed E-state index contributed by atoms with van der Waals surface area (Å²) >= 11 is 1.49. The molecule has 2 N–H and O–H groups in total. The minimum Gasteiger partial charge on any atom is -0.443 e. The van der Waals surface area contributed by atoms with E-state index >= 15 is 0 Å². The zero-order valence-electron chi connectivity index (χ0n) is 19.7. The monoisotopic (exact) mass is 489 g/mol. The number of amides is 1. The van der Waals surface area contributed by atoms with Gasteiger partial charge in [-0.25, -0.2) is 9.97 Å². The zero-order valence-corrected chi connectivity index (χ0v) is 20.5. The molecule has 0 spiro atoms. The maximum atomic E-state index is 12.6. The number of carbonyl (C=O) groups excluding carboxylic acids is 1.